The molecule has 0 spiro atoms. The van der Waals surface area contributed by atoms with Crippen molar-refractivity contribution in [2.75, 3.05) is 32.8 Å². The Morgan fingerprint density at radius 2 is 2.27 bits per heavy atom. The first-order valence-corrected chi connectivity index (χ1v) is 6.88. The van der Waals surface area contributed by atoms with Crippen molar-refractivity contribution in [1.29, 1.82) is 0 Å². The topological polar surface area (TPSA) is 105 Å². The van der Waals surface area contributed by atoms with Gasteiger partial charge in [0, 0.05) is 18.9 Å². The molecule has 0 aromatic carbocycles. The number of urea groups is 1. The molecule has 1 aromatic rings. The number of rotatable bonds is 3. The predicted molar refractivity (Wildman–Crippen MR) is 72.4 cm³/mol. The van der Waals surface area contributed by atoms with Crippen LogP contribution in [0.1, 0.15) is 11.8 Å². The average Bonchev–Trinajstić information content (AvgIpc) is 2.88. The fraction of sp³-hybridized carbons (Fsp3) is 0.462. The highest BCUT2D eigenvalue weighted by molar-refractivity contribution is 6.04. The van der Waals surface area contributed by atoms with Gasteiger partial charge in [0.05, 0.1) is 31.6 Å². The van der Waals surface area contributed by atoms with Gasteiger partial charge in [-0.15, -0.1) is 0 Å². The minimum atomic E-state index is -0.530. The van der Waals surface area contributed by atoms with Crippen LogP contribution >= 0.6 is 0 Å². The Balaban J connectivity index is 1.63. The zero-order chi connectivity index (χ0) is 15.5. The van der Waals surface area contributed by atoms with Crippen LogP contribution in [0.15, 0.2) is 18.6 Å². The Labute approximate surface area is 126 Å². The molecule has 9 nitrogen and oxygen atoms in total. The van der Waals surface area contributed by atoms with Gasteiger partial charge in [0.1, 0.15) is 12.6 Å². The minimum Gasteiger partial charge on any atom is -0.368 e. The standard InChI is InChI=1S/C13H15N5O4/c19-11-6-16-13(21)18(11)8-12(20)17-3-4-22-10(7-17)9-5-14-1-2-15-9/h1-2,5,10H,3-4,6-8H2,(H,16,21). The van der Waals surface area contributed by atoms with Crippen LogP contribution in [0.2, 0.25) is 0 Å². The molecule has 2 fully saturated rings. The second kappa shape index (κ2) is 6.06. The van der Waals surface area contributed by atoms with E-state index >= 15 is 0 Å². The van der Waals surface area contributed by atoms with Gasteiger partial charge in [-0.2, -0.15) is 0 Å². The second-order valence-electron chi connectivity index (χ2n) is 4.97. The Morgan fingerprint density at radius 1 is 1.41 bits per heavy atom. The number of hydrogen-bond donors (Lipinski definition) is 1. The van der Waals surface area contributed by atoms with Gasteiger partial charge in [0.2, 0.25) is 5.91 Å². The first kappa shape index (κ1) is 14.4. The van der Waals surface area contributed by atoms with Crippen LogP contribution in [0.5, 0.6) is 0 Å². The largest absolute Gasteiger partial charge is 0.368 e. The van der Waals surface area contributed by atoms with Gasteiger partial charge in [-0.1, -0.05) is 0 Å². The molecule has 1 N–H and O–H groups in total. The van der Waals surface area contributed by atoms with E-state index < -0.39 is 11.9 Å². The molecule has 4 amide bonds. The third kappa shape index (κ3) is 2.89. The van der Waals surface area contributed by atoms with Crippen molar-refractivity contribution in [2.45, 2.75) is 6.10 Å². The van der Waals surface area contributed by atoms with Crippen molar-refractivity contribution in [3.8, 4) is 0 Å². The van der Waals surface area contributed by atoms with Gasteiger partial charge < -0.3 is 15.0 Å². The fourth-order valence-electron chi connectivity index (χ4n) is 2.38. The maximum Gasteiger partial charge on any atom is 0.325 e. The molecule has 0 radical (unpaired) electrons. The first-order valence-electron chi connectivity index (χ1n) is 6.88. The number of morpholine rings is 1. The Kier molecular flexibility index (Phi) is 3.96. The summed E-state index contributed by atoms with van der Waals surface area (Å²) in [5, 5.41) is 2.39. The van der Waals surface area contributed by atoms with Gasteiger partial charge in [0.25, 0.3) is 5.91 Å². The number of imide groups is 1. The third-order valence-electron chi connectivity index (χ3n) is 3.56. The number of aromatic nitrogens is 2. The lowest BCUT2D eigenvalue weighted by Gasteiger charge is -2.33. The van der Waals surface area contributed by atoms with Crippen molar-refractivity contribution >= 4 is 17.8 Å². The van der Waals surface area contributed by atoms with Crippen molar-refractivity contribution in [2.24, 2.45) is 0 Å². The number of nitrogens with one attached hydrogen (secondary N) is 1. The zero-order valence-electron chi connectivity index (χ0n) is 11.8. The van der Waals surface area contributed by atoms with E-state index in [1.807, 2.05) is 0 Å². The van der Waals surface area contributed by atoms with Crippen LogP contribution in [0.4, 0.5) is 4.79 Å². The first-order chi connectivity index (χ1) is 10.6. The highest BCUT2D eigenvalue weighted by atomic mass is 16.5. The molecular weight excluding hydrogens is 290 g/mol. The Hall–Kier alpha value is -2.55. The van der Waals surface area contributed by atoms with Crippen LogP contribution in [-0.4, -0.2) is 70.4 Å². The van der Waals surface area contributed by atoms with Gasteiger partial charge in [-0.05, 0) is 0 Å². The van der Waals surface area contributed by atoms with Crippen LogP contribution < -0.4 is 5.32 Å². The van der Waals surface area contributed by atoms with E-state index in [0.717, 1.165) is 4.90 Å². The lowest BCUT2D eigenvalue weighted by molar-refractivity contribution is -0.142. The molecule has 2 saturated heterocycles. The van der Waals surface area contributed by atoms with Crippen LogP contribution in [0.25, 0.3) is 0 Å². The van der Waals surface area contributed by atoms with Crippen LogP contribution in [-0.2, 0) is 14.3 Å². The molecule has 3 heterocycles. The van der Waals surface area contributed by atoms with E-state index in [1.54, 1.807) is 23.5 Å². The van der Waals surface area contributed by atoms with Crippen molar-refractivity contribution in [1.82, 2.24) is 25.1 Å². The van der Waals surface area contributed by atoms with Gasteiger partial charge in [-0.25, -0.2) is 4.79 Å². The number of ether oxygens (including phenoxy) is 1. The molecule has 0 bridgehead atoms. The monoisotopic (exact) mass is 305 g/mol. The summed E-state index contributed by atoms with van der Waals surface area (Å²) in [4.78, 5) is 45.9. The number of hydrogen-bond acceptors (Lipinski definition) is 6. The van der Waals surface area contributed by atoms with Gasteiger partial charge in [0.15, 0.2) is 0 Å². The minimum absolute atomic E-state index is 0.0581. The van der Waals surface area contributed by atoms with Crippen molar-refractivity contribution < 1.29 is 19.1 Å². The Morgan fingerprint density at radius 3 is 2.95 bits per heavy atom. The summed E-state index contributed by atoms with van der Waals surface area (Å²) in [6.45, 7) is 0.794. The summed E-state index contributed by atoms with van der Waals surface area (Å²) in [5.41, 5.74) is 0.648. The number of nitrogens with zero attached hydrogens (tertiary/aromatic N) is 4. The van der Waals surface area contributed by atoms with E-state index in [1.165, 1.54) is 0 Å². The molecule has 1 unspecified atom stereocenters. The fourth-order valence-corrected chi connectivity index (χ4v) is 2.38. The number of carbonyl (C=O) groups excluding carboxylic acids is 3. The molecule has 2 aliphatic rings. The SMILES string of the molecule is O=C(CN1C(=O)CNC1=O)N1CCOC(c2cnccn2)C1. The molecule has 22 heavy (non-hydrogen) atoms. The Bertz CT molecular complexity index is 577. The van der Waals surface area contributed by atoms with Crippen LogP contribution in [0.3, 0.4) is 0 Å². The summed E-state index contributed by atoms with van der Waals surface area (Å²) in [6.07, 6.45) is 4.37. The summed E-state index contributed by atoms with van der Waals surface area (Å²) >= 11 is 0. The lowest BCUT2D eigenvalue weighted by atomic mass is 10.2. The van der Waals surface area contributed by atoms with Gasteiger partial charge >= 0.3 is 6.03 Å². The summed E-state index contributed by atoms with van der Waals surface area (Å²) in [7, 11) is 0. The van der Waals surface area contributed by atoms with E-state index in [0.29, 0.717) is 25.4 Å². The molecule has 0 aliphatic carbocycles. The molecule has 1 aromatic heterocycles. The molecule has 9 heteroatoms. The molecule has 3 rings (SSSR count). The highest BCUT2D eigenvalue weighted by Gasteiger charge is 2.33. The molecular formula is C13H15N5O4. The predicted octanol–water partition coefficient (Wildman–Crippen LogP) is -1.07. The maximum atomic E-state index is 12.3. The smallest absolute Gasteiger partial charge is 0.325 e. The highest BCUT2D eigenvalue weighted by Crippen LogP contribution is 2.19. The molecule has 0 saturated carbocycles. The van der Waals surface area contributed by atoms with E-state index in [-0.39, 0.29) is 25.1 Å². The quantitative estimate of drug-likeness (QED) is 0.713. The lowest BCUT2D eigenvalue weighted by Crippen LogP contribution is -2.48. The van der Waals surface area contributed by atoms with Crippen molar-refractivity contribution in [3.63, 3.8) is 0 Å². The summed E-state index contributed by atoms with van der Waals surface area (Å²) in [5.74, 6) is -0.681. The third-order valence-corrected chi connectivity index (χ3v) is 3.56. The summed E-state index contributed by atoms with van der Waals surface area (Å²) < 4.78 is 5.60. The normalized spacial score (nSPS) is 21.9. The van der Waals surface area contributed by atoms with Gasteiger partial charge in [-0.3, -0.25) is 24.5 Å². The van der Waals surface area contributed by atoms with Crippen molar-refractivity contribution in [3.05, 3.63) is 24.3 Å². The number of carbonyl (C=O) groups is 3. The average molecular weight is 305 g/mol. The van der Waals surface area contributed by atoms with E-state index in [4.69, 9.17) is 4.74 Å². The van der Waals surface area contributed by atoms with E-state index in [9.17, 15) is 14.4 Å². The van der Waals surface area contributed by atoms with E-state index in [2.05, 4.69) is 15.3 Å². The second-order valence-corrected chi connectivity index (χ2v) is 4.97. The molecule has 116 valence electrons. The molecule has 2 aliphatic heterocycles. The summed E-state index contributed by atoms with van der Waals surface area (Å²) in [6, 6.07) is -0.530. The molecule has 1 atom stereocenters. The zero-order valence-corrected chi connectivity index (χ0v) is 11.8. The van der Waals surface area contributed by atoms with Crippen LogP contribution in [0, 0.1) is 0 Å². The number of amides is 4. The maximum absolute atomic E-state index is 12.3.